The Morgan fingerprint density at radius 2 is 1.81 bits per heavy atom. The van der Waals surface area contributed by atoms with Gasteiger partial charge in [-0.05, 0) is 61.1 Å². The van der Waals surface area contributed by atoms with Gasteiger partial charge in [-0.3, -0.25) is 4.99 Å². The number of aromatic nitrogens is 1. The number of benzene rings is 2. The molecule has 0 fully saturated rings. The first-order chi connectivity index (χ1) is 13.2. The minimum absolute atomic E-state index is 0.312. The zero-order valence-electron chi connectivity index (χ0n) is 16.0. The molecular formula is C22H28N4O. The summed E-state index contributed by atoms with van der Waals surface area (Å²) in [7, 11) is 1.80. The molecule has 1 aromatic heterocycles. The fourth-order valence-corrected chi connectivity index (χ4v) is 3.21. The summed E-state index contributed by atoms with van der Waals surface area (Å²) in [6.45, 7) is 3.80. The minimum Gasteiger partial charge on any atom is -0.508 e. The van der Waals surface area contributed by atoms with Crippen LogP contribution in [0.5, 0.6) is 5.75 Å². The lowest BCUT2D eigenvalue weighted by atomic mass is 10.1. The molecule has 3 rings (SSSR count). The van der Waals surface area contributed by atoms with Crippen LogP contribution in [0.1, 0.15) is 23.1 Å². The topological polar surface area (TPSA) is 72.4 Å². The van der Waals surface area contributed by atoms with E-state index in [1.807, 2.05) is 12.1 Å². The van der Waals surface area contributed by atoms with Crippen molar-refractivity contribution in [2.24, 2.45) is 4.99 Å². The predicted octanol–water partition coefficient (Wildman–Crippen LogP) is 3.52. The first-order valence-corrected chi connectivity index (χ1v) is 9.45. The van der Waals surface area contributed by atoms with Gasteiger partial charge >= 0.3 is 0 Å². The fourth-order valence-electron chi connectivity index (χ4n) is 3.21. The third-order valence-corrected chi connectivity index (χ3v) is 4.70. The summed E-state index contributed by atoms with van der Waals surface area (Å²) >= 11 is 0. The number of phenolic OH excluding ortho intramolecular Hbond substituents is 1. The number of hydrogen-bond acceptors (Lipinski definition) is 2. The number of phenols is 1. The Morgan fingerprint density at radius 1 is 1.04 bits per heavy atom. The molecule has 1 heterocycles. The maximum Gasteiger partial charge on any atom is 0.190 e. The van der Waals surface area contributed by atoms with E-state index in [2.05, 4.69) is 51.9 Å². The Kier molecular flexibility index (Phi) is 6.36. The Bertz CT molecular complexity index is 896. The smallest absolute Gasteiger partial charge is 0.190 e. The third-order valence-electron chi connectivity index (χ3n) is 4.70. The quantitative estimate of drug-likeness (QED) is 0.294. The number of H-pyrrole nitrogens is 1. The molecule has 2 aromatic carbocycles. The van der Waals surface area contributed by atoms with Crippen molar-refractivity contribution in [3.63, 3.8) is 0 Å². The average Bonchev–Trinajstić information content (AvgIpc) is 3.07. The van der Waals surface area contributed by atoms with Gasteiger partial charge in [-0.15, -0.1) is 0 Å². The largest absolute Gasteiger partial charge is 0.508 e. The van der Waals surface area contributed by atoms with Crippen molar-refractivity contribution in [2.45, 2.75) is 26.2 Å². The molecule has 0 aliphatic carbocycles. The van der Waals surface area contributed by atoms with E-state index in [1.165, 1.54) is 27.6 Å². The normalized spacial score (nSPS) is 11.7. The molecule has 0 saturated heterocycles. The van der Waals surface area contributed by atoms with E-state index in [9.17, 15) is 5.11 Å². The molecule has 5 nitrogen and oxygen atoms in total. The van der Waals surface area contributed by atoms with E-state index in [-0.39, 0.29) is 0 Å². The standard InChI is InChI=1S/C22H28N4O/c1-16-5-10-20-18(15-26-21(20)14-16)11-13-25-22(23-2)24-12-3-4-17-6-8-19(27)9-7-17/h5-10,14-15,26-27H,3-4,11-13H2,1-2H3,(H2,23,24,25). The van der Waals surface area contributed by atoms with Crippen molar-refractivity contribution in [1.82, 2.24) is 15.6 Å². The molecule has 4 N–H and O–H groups in total. The second kappa shape index (κ2) is 9.12. The summed E-state index contributed by atoms with van der Waals surface area (Å²) in [6.07, 6.45) is 5.02. The number of hydrogen-bond donors (Lipinski definition) is 4. The Labute approximate surface area is 160 Å². The van der Waals surface area contributed by atoms with Crippen molar-refractivity contribution in [2.75, 3.05) is 20.1 Å². The van der Waals surface area contributed by atoms with Crippen molar-refractivity contribution < 1.29 is 5.11 Å². The monoisotopic (exact) mass is 364 g/mol. The van der Waals surface area contributed by atoms with Gasteiger partial charge in [-0.25, -0.2) is 0 Å². The second-order valence-electron chi connectivity index (χ2n) is 6.81. The molecule has 0 radical (unpaired) electrons. The number of guanidine groups is 1. The molecule has 0 atom stereocenters. The molecule has 0 spiro atoms. The highest BCUT2D eigenvalue weighted by atomic mass is 16.3. The molecule has 0 aliphatic rings. The van der Waals surface area contributed by atoms with Gasteiger partial charge in [0.2, 0.25) is 0 Å². The van der Waals surface area contributed by atoms with E-state index in [0.717, 1.165) is 38.3 Å². The molecule has 142 valence electrons. The Morgan fingerprint density at radius 3 is 2.59 bits per heavy atom. The van der Waals surface area contributed by atoms with Crippen LogP contribution in [0.15, 0.2) is 53.7 Å². The van der Waals surface area contributed by atoms with Crippen molar-refractivity contribution in [1.29, 1.82) is 0 Å². The molecule has 5 heteroatoms. The van der Waals surface area contributed by atoms with Gasteiger partial charge in [0.1, 0.15) is 5.75 Å². The lowest BCUT2D eigenvalue weighted by molar-refractivity contribution is 0.475. The van der Waals surface area contributed by atoms with Gasteiger partial charge in [0.25, 0.3) is 0 Å². The summed E-state index contributed by atoms with van der Waals surface area (Å²) < 4.78 is 0. The van der Waals surface area contributed by atoms with Gasteiger partial charge in [0.05, 0.1) is 0 Å². The summed E-state index contributed by atoms with van der Waals surface area (Å²) in [5.74, 6) is 1.14. The minimum atomic E-state index is 0.312. The highest BCUT2D eigenvalue weighted by molar-refractivity contribution is 5.84. The molecule has 0 saturated carbocycles. The van der Waals surface area contributed by atoms with E-state index in [1.54, 1.807) is 19.2 Å². The van der Waals surface area contributed by atoms with Crippen LogP contribution in [0, 0.1) is 6.92 Å². The maximum atomic E-state index is 9.32. The van der Waals surface area contributed by atoms with Gasteiger partial charge < -0.3 is 20.7 Å². The van der Waals surface area contributed by atoms with Crippen LogP contribution in [0.25, 0.3) is 10.9 Å². The molecule has 0 unspecified atom stereocenters. The average molecular weight is 364 g/mol. The van der Waals surface area contributed by atoms with Gasteiger partial charge in [0.15, 0.2) is 5.96 Å². The fraction of sp³-hybridized carbons (Fsp3) is 0.318. The van der Waals surface area contributed by atoms with Crippen molar-refractivity contribution in [3.05, 3.63) is 65.4 Å². The zero-order valence-corrected chi connectivity index (χ0v) is 16.0. The van der Waals surface area contributed by atoms with Crippen LogP contribution in [0.4, 0.5) is 0 Å². The van der Waals surface area contributed by atoms with Gasteiger partial charge in [0, 0.05) is 37.2 Å². The molecule has 27 heavy (non-hydrogen) atoms. The summed E-state index contributed by atoms with van der Waals surface area (Å²) in [5.41, 5.74) is 5.01. The summed E-state index contributed by atoms with van der Waals surface area (Å²) in [6, 6.07) is 13.9. The number of aryl methyl sites for hydroxylation is 2. The molecule has 3 aromatic rings. The molecular weight excluding hydrogens is 336 g/mol. The first-order valence-electron chi connectivity index (χ1n) is 9.45. The summed E-state index contributed by atoms with van der Waals surface area (Å²) in [5, 5.41) is 17.3. The van der Waals surface area contributed by atoms with Crippen molar-refractivity contribution >= 4 is 16.9 Å². The number of rotatable bonds is 7. The lowest BCUT2D eigenvalue weighted by Gasteiger charge is -2.11. The third kappa shape index (κ3) is 5.26. The Hall–Kier alpha value is -2.95. The second-order valence-corrected chi connectivity index (χ2v) is 6.81. The number of aromatic amines is 1. The highest BCUT2D eigenvalue weighted by Gasteiger charge is 2.04. The van der Waals surface area contributed by atoms with Gasteiger partial charge in [-0.2, -0.15) is 0 Å². The Balaban J connectivity index is 1.40. The van der Waals surface area contributed by atoms with E-state index < -0.39 is 0 Å². The summed E-state index contributed by atoms with van der Waals surface area (Å²) in [4.78, 5) is 7.64. The zero-order chi connectivity index (χ0) is 19.1. The molecule has 0 aliphatic heterocycles. The van der Waals surface area contributed by atoms with Crippen LogP contribution < -0.4 is 10.6 Å². The highest BCUT2D eigenvalue weighted by Crippen LogP contribution is 2.19. The molecule has 0 amide bonds. The van der Waals surface area contributed by atoms with E-state index >= 15 is 0 Å². The number of fused-ring (bicyclic) bond motifs is 1. The van der Waals surface area contributed by atoms with Crippen LogP contribution >= 0.6 is 0 Å². The SMILES string of the molecule is CN=C(NCCCc1ccc(O)cc1)NCCc1c[nH]c2cc(C)ccc12. The lowest BCUT2D eigenvalue weighted by Crippen LogP contribution is -2.38. The van der Waals surface area contributed by atoms with E-state index in [4.69, 9.17) is 0 Å². The van der Waals surface area contributed by atoms with E-state index in [0.29, 0.717) is 5.75 Å². The van der Waals surface area contributed by atoms with Crippen LogP contribution in [-0.2, 0) is 12.8 Å². The first kappa shape index (κ1) is 18.8. The van der Waals surface area contributed by atoms with Gasteiger partial charge in [-0.1, -0.05) is 24.3 Å². The van der Waals surface area contributed by atoms with Crippen molar-refractivity contribution in [3.8, 4) is 5.75 Å². The number of nitrogens with one attached hydrogen (secondary N) is 3. The van der Waals surface area contributed by atoms with Crippen LogP contribution in [0.3, 0.4) is 0 Å². The predicted molar refractivity (Wildman–Crippen MR) is 113 cm³/mol. The number of aliphatic imine (C=N–C) groups is 1. The number of aromatic hydroxyl groups is 1. The van der Waals surface area contributed by atoms with Crippen LogP contribution in [-0.4, -0.2) is 36.2 Å². The van der Waals surface area contributed by atoms with Crippen LogP contribution in [0.2, 0.25) is 0 Å². The molecule has 0 bridgehead atoms. The maximum absolute atomic E-state index is 9.32. The number of nitrogens with zero attached hydrogens (tertiary/aromatic N) is 1.